The summed E-state index contributed by atoms with van der Waals surface area (Å²) in [7, 11) is 2.74. The van der Waals surface area contributed by atoms with Gasteiger partial charge in [0.1, 0.15) is 16.9 Å². The number of rotatable bonds is 7. The summed E-state index contributed by atoms with van der Waals surface area (Å²) in [6.07, 6.45) is 5.03. The highest BCUT2D eigenvalue weighted by atomic mass is 19.1. The maximum atomic E-state index is 13.2. The number of methoxy groups -OCH3 is 2. The zero-order valence-electron chi connectivity index (χ0n) is 17.5. The smallest absolute Gasteiger partial charge is 0.342 e. The van der Waals surface area contributed by atoms with Crippen LogP contribution in [0, 0.1) is 5.82 Å². The quantitative estimate of drug-likeness (QED) is 0.416. The van der Waals surface area contributed by atoms with Gasteiger partial charge in [0, 0.05) is 17.7 Å². The van der Waals surface area contributed by atoms with Crippen LogP contribution in [0.4, 0.5) is 4.39 Å². The highest BCUT2D eigenvalue weighted by Gasteiger charge is 2.20. The predicted molar refractivity (Wildman–Crippen MR) is 115 cm³/mol. The number of aromatic nitrogens is 1. The van der Waals surface area contributed by atoms with Crippen LogP contribution in [0.5, 0.6) is 5.75 Å². The second-order valence-corrected chi connectivity index (χ2v) is 6.67. The van der Waals surface area contributed by atoms with Gasteiger partial charge in [0.15, 0.2) is 5.75 Å². The average molecular weight is 423 g/mol. The molecule has 3 rings (SSSR count). The zero-order valence-corrected chi connectivity index (χ0v) is 17.5. The lowest BCUT2D eigenvalue weighted by Gasteiger charge is -2.14. The first-order valence-electron chi connectivity index (χ1n) is 9.64. The molecule has 0 aliphatic rings. The van der Waals surface area contributed by atoms with Gasteiger partial charge in [-0.15, -0.1) is 0 Å². The molecule has 0 spiro atoms. The second kappa shape index (κ2) is 9.84. The Kier molecular flexibility index (Phi) is 6.97. The van der Waals surface area contributed by atoms with E-state index in [0.717, 1.165) is 11.1 Å². The molecule has 0 saturated carbocycles. The Bertz CT molecular complexity index is 1140. The maximum absolute atomic E-state index is 13.2. The summed E-state index contributed by atoms with van der Waals surface area (Å²) in [5.41, 5.74) is 3.04. The molecule has 7 heteroatoms. The molecular formula is C24H22FNO5. The Morgan fingerprint density at radius 2 is 1.84 bits per heavy atom. The molecule has 0 fully saturated rings. The number of halogens is 1. The van der Waals surface area contributed by atoms with E-state index in [-0.39, 0.29) is 23.7 Å². The minimum absolute atomic E-state index is 0.206. The van der Waals surface area contributed by atoms with Gasteiger partial charge in [-0.3, -0.25) is 4.98 Å². The number of hydrogen-bond donors (Lipinski definition) is 0. The summed E-state index contributed by atoms with van der Waals surface area (Å²) < 4.78 is 28.5. The van der Waals surface area contributed by atoms with Crippen LogP contribution in [0.2, 0.25) is 0 Å². The van der Waals surface area contributed by atoms with Crippen LogP contribution in [-0.4, -0.2) is 37.7 Å². The number of carbonyl (C=O) groups excluding carboxylic acids is 2. The first-order valence-corrected chi connectivity index (χ1v) is 9.64. The van der Waals surface area contributed by atoms with Crippen molar-refractivity contribution in [1.29, 1.82) is 0 Å². The molecule has 0 atom stereocenters. The van der Waals surface area contributed by atoms with Gasteiger partial charge >= 0.3 is 11.9 Å². The number of hydrogen-bond acceptors (Lipinski definition) is 6. The van der Waals surface area contributed by atoms with Gasteiger partial charge in [-0.2, -0.15) is 0 Å². The SMILES string of the molecule is CCOC(=O)c1cc(C=CC(=O)OC)c2cc(Cc3ccc(F)cc3)cnc2c1OC. The standard InChI is InChI=1S/C24H22FNO5/c1-4-31-24(28)20-13-17(7-10-21(27)29-2)19-12-16(14-26-22(19)23(20)30-3)11-15-5-8-18(25)9-6-15/h5-10,12-14H,4,11H2,1-3H3. The summed E-state index contributed by atoms with van der Waals surface area (Å²) in [6, 6.07) is 9.73. The lowest BCUT2D eigenvalue weighted by molar-refractivity contribution is -0.134. The Hall–Kier alpha value is -3.74. The number of nitrogens with zero attached hydrogens (tertiary/aromatic N) is 1. The molecule has 31 heavy (non-hydrogen) atoms. The van der Waals surface area contributed by atoms with Crippen LogP contribution in [0.3, 0.4) is 0 Å². The third-order valence-electron chi connectivity index (χ3n) is 4.64. The molecule has 0 aliphatic carbocycles. The van der Waals surface area contributed by atoms with Crippen LogP contribution in [0.1, 0.15) is 34.0 Å². The number of pyridine rings is 1. The lowest BCUT2D eigenvalue weighted by atomic mass is 9.99. The molecule has 0 N–H and O–H groups in total. The molecule has 0 radical (unpaired) electrons. The predicted octanol–water partition coefficient (Wildman–Crippen LogP) is 4.34. The van der Waals surface area contributed by atoms with Crippen molar-refractivity contribution in [2.24, 2.45) is 0 Å². The zero-order chi connectivity index (χ0) is 22.4. The monoisotopic (exact) mass is 423 g/mol. The van der Waals surface area contributed by atoms with Gasteiger partial charge in [0.2, 0.25) is 0 Å². The molecular weight excluding hydrogens is 401 g/mol. The van der Waals surface area contributed by atoms with Gasteiger partial charge in [-0.1, -0.05) is 12.1 Å². The van der Waals surface area contributed by atoms with Gasteiger partial charge < -0.3 is 14.2 Å². The molecule has 0 bridgehead atoms. The number of esters is 2. The first-order chi connectivity index (χ1) is 15.0. The summed E-state index contributed by atoms with van der Waals surface area (Å²) in [5, 5.41) is 0.685. The van der Waals surface area contributed by atoms with Gasteiger partial charge in [-0.05, 0) is 60.4 Å². The molecule has 3 aromatic rings. The Balaban J connectivity index is 2.16. The van der Waals surface area contributed by atoms with E-state index in [1.165, 1.54) is 32.4 Å². The Morgan fingerprint density at radius 3 is 2.48 bits per heavy atom. The average Bonchev–Trinajstić information content (AvgIpc) is 2.78. The Labute approximate surface area is 179 Å². The molecule has 1 heterocycles. The maximum Gasteiger partial charge on any atom is 0.342 e. The van der Waals surface area contributed by atoms with E-state index < -0.39 is 11.9 Å². The van der Waals surface area contributed by atoms with Crippen molar-refractivity contribution in [3.63, 3.8) is 0 Å². The van der Waals surface area contributed by atoms with E-state index in [0.29, 0.717) is 22.9 Å². The summed E-state index contributed by atoms with van der Waals surface area (Å²) in [6.45, 7) is 1.92. The van der Waals surface area contributed by atoms with Crippen molar-refractivity contribution >= 4 is 28.9 Å². The number of ether oxygens (including phenoxy) is 3. The molecule has 0 saturated heterocycles. The van der Waals surface area contributed by atoms with Crippen molar-refractivity contribution in [3.05, 3.63) is 76.7 Å². The largest absolute Gasteiger partial charge is 0.494 e. The van der Waals surface area contributed by atoms with Gasteiger partial charge in [0.05, 0.1) is 20.8 Å². The van der Waals surface area contributed by atoms with Crippen LogP contribution in [-0.2, 0) is 20.7 Å². The van der Waals surface area contributed by atoms with E-state index in [2.05, 4.69) is 9.72 Å². The molecule has 0 amide bonds. The normalized spacial score (nSPS) is 11.0. The van der Waals surface area contributed by atoms with E-state index in [1.54, 1.807) is 37.4 Å². The topological polar surface area (TPSA) is 74.7 Å². The van der Waals surface area contributed by atoms with E-state index in [1.807, 2.05) is 6.07 Å². The summed E-state index contributed by atoms with van der Waals surface area (Å²) >= 11 is 0. The minimum Gasteiger partial charge on any atom is -0.494 e. The molecule has 0 unspecified atom stereocenters. The third-order valence-corrected chi connectivity index (χ3v) is 4.64. The van der Waals surface area contributed by atoms with Crippen LogP contribution >= 0.6 is 0 Å². The molecule has 0 aliphatic heterocycles. The van der Waals surface area contributed by atoms with Crippen molar-refractivity contribution < 1.29 is 28.2 Å². The van der Waals surface area contributed by atoms with Crippen molar-refractivity contribution in [1.82, 2.24) is 4.98 Å². The number of fused-ring (bicyclic) bond motifs is 1. The summed E-state index contributed by atoms with van der Waals surface area (Å²) in [4.78, 5) is 28.6. The lowest BCUT2D eigenvalue weighted by Crippen LogP contribution is -2.08. The highest BCUT2D eigenvalue weighted by molar-refractivity contribution is 6.04. The van der Waals surface area contributed by atoms with Gasteiger partial charge in [-0.25, -0.2) is 14.0 Å². The summed E-state index contributed by atoms with van der Waals surface area (Å²) in [5.74, 6) is -1.09. The van der Waals surface area contributed by atoms with E-state index in [9.17, 15) is 14.0 Å². The number of benzene rings is 2. The van der Waals surface area contributed by atoms with Crippen LogP contribution in [0.15, 0.2) is 48.7 Å². The molecule has 2 aromatic carbocycles. The van der Waals surface area contributed by atoms with Crippen molar-refractivity contribution in [2.45, 2.75) is 13.3 Å². The Morgan fingerprint density at radius 1 is 1.10 bits per heavy atom. The second-order valence-electron chi connectivity index (χ2n) is 6.67. The fraction of sp³-hybridized carbons (Fsp3) is 0.208. The first kappa shape index (κ1) is 22.0. The molecule has 6 nitrogen and oxygen atoms in total. The minimum atomic E-state index is -0.550. The third kappa shape index (κ3) is 5.06. The fourth-order valence-corrected chi connectivity index (χ4v) is 3.20. The number of carbonyl (C=O) groups is 2. The van der Waals surface area contributed by atoms with E-state index in [4.69, 9.17) is 9.47 Å². The fourth-order valence-electron chi connectivity index (χ4n) is 3.20. The van der Waals surface area contributed by atoms with Crippen LogP contribution < -0.4 is 4.74 Å². The van der Waals surface area contributed by atoms with Crippen molar-refractivity contribution in [2.75, 3.05) is 20.8 Å². The van der Waals surface area contributed by atoms with Crippen LogP contribution in [0.25, 0.3) is 17.0 Å². The van der Waals surface area contributed by atoms with Crippen molar-refractivity contribution in [3.8, 4) is 5.75 Å². The molecule has 1 aromatic heterocycles. The van der Waals surface area contributed by atoms with E-state index >= 15 is 0 Å². The molecule has 160 valence electrons. The van der Waals surface area contributed by atoms with Gasteiger partial charge in [0.25, 0.3) is 0 Å². The highest BCUT2D eigenvalue weighted by Crippen LogP contribution is 2.33.